The van der Waals surface area contributed by atoms with Crippen molar-refractivity contribution in [1.82, 2.24) is 5.32 Å². The number of ether oxygens (including phenoxy) is 1. The van der Waals surface area contributed by atoms with Crippen LogP contribution in [0.4, 0.5) is 0 Å². The molecular formula is C10H13NO4. The SMILES string of the molecule is CC#CC(=O)NC1(C(=O)O)CCOCC1. The van der Waals surface area contributed by atoms with E-state index in [1.165, 1.54) is 6.92 Å². The molecule has 1 aliphatic heterocycles. The molecule has 0 aromatic heterocycles. The van der Waals surface area contributed by atoms with Crippen LogP contribution in [-0.2, 0) is 14.3 Å². The van der Waals surface area contributed by atoms with Gasteiger partial charge in [-0.25, -0.2) is 4.79 Å². The number of carbonyl (C=O) groups is 2. The second-order valence-electron chi connectivity index (χ2n) is 3.33. The lowest BCUT2D eigenvalue weighted by molar-refractivity contribution is -0.151. The predicted octanol–water partition coefficient (Wildman–Crippen LogP) is -0.240. The van der Waals surface area contributed by atoms with Gasteiger partial charge in [-0.2, -0.15) is 0 Å². The van der Waals surface area contributed by atoms with E-state index in [4.69, 9.17) is 9.84 Å². The highest BCUT2D eigenvalue weighted by molar-refractivity contribution is 5.97. The first kappa shape index (κ1) is 11.5. The normalized spacial score (nSPS) is 18.5. The van der Waals surface area contributed by atoms with E-state index in [0.29, 0.717) is 13.2 Å². The number of hydrogen-bond acceptors (Lipinski definition) is 3. The maximum atomic E-state index is 11.2. The Kier molecular flexibility index (Phi) is 3.69. The number of rotatable bonds is 2. The zero-order chi connectivity index (χ0) is 11.3. The van der Waals surface area contributed by atoms with Crippen molar-refractivity contribution in [2.24, 2.45) is 0 Å². The van der Waals surface area contributed by atoms with Crippen LogP contribution in [0.3, 0.4) is 0 Å². The Morgan fingerprint density at radius 3 is 2.47 bits per heavy atom. The largest absolute Gasteiger partial charge is 0.480 e. The zero-order valence-corrected chi connectivity index (χ0v) is 8.50. The van der Waals surface area contributed by atoms with Crippen molar-refractivity contribution in [1.29, 1.82) is 0 Å². The number of hydrogen-bond donors (Lipinski definition) is 2. The lowest BCUT2D eigenvalue weighted by Crippen LogP contribution is -2.57. The molecule has 0 unspecified atom stereocenters. The first-order valence-electron chi connectivity index (χ1n) is 4.67. The molecule has 1 aliphatic rings. The van der Waals surface area contributed by atoms with E-state index in [1.807, 2.05) is 0 Å². The maximum Gasteiger partial charge on any atom is 0.329 e. The monoisotopic (exact) mass is 211 g/mol. The highest BCUT2D eigenvalue weighted by Crippen LogP contribution is 2.20. The number of nitrogens with one attached hydrogen (secondary N) is 1. The summed E-state index contributed by atoms with van der Waals surface area (Å²) in [5, 5.41) is 11.5. The summed E-state index contributed by atoms with van der Waals surface area (Å²) in [6.45, 7) is 2.20. The molecule has 0 atom stereocenters. The molecule has 5 heteroatoms. The predicted molar refractivity (Wildman–Crippen MR) is 52.0 cm³/mol. The molecule has 1 amide bonds. The fourth-order valence-electron chi connectivity index (χ4n) is 1.47. The van der Waals surface area contributed by atoms with Crippen LogP contribution in [-0.4, -0.2) is 35.7 Å². The Morgan fingerprint density at radius 2 is 2.00 bits per heavy atom. The van der Waals surface area contributed by atoms with Crippen molar-refractivity contribution in [2.75, 3.05) is 13.2 Å². The molecule has 1 saturated heterocycles. The summed E-state index contributed by atoms with van der Waals surface area (Å²) in [6, 6.07) is 0. The Labute approximate surface area is 87.8 Å². The molecule has 0 spiro atoms. The molecule has 0 aliphatic carbocycles. The topological polar surface area (TPSA) is 75.6 Å². The van der Waals surface area contributed by atoms with Crippen LogP contribution in [0.25, 0.3) is 0 Å². The van der Waals surface area contributed by atoms with E-state index < -0.39 is 17.4 Å². The van der Waals surface area contributed by atoms with Crippen LogP contribution in [0.15, 0.2) is 0 Å². The van der Waals surface area contributed by atoms with E-state index in [0.717, 1.165) is 0 Å². The third-order valence-electron chi connectivity index (χ3n) is 2.35. The summed E-state index contributed by atoms with van der Waals surface area (Å²) in [5.74, 6) is 3.11. The Morgan fingerprint density at radius 1 is 1.40 bits per heavy atom. The van der Waals surface area contributed by atoms with Gasteiger partial charge in [0.1, 0.15) is 5.54 Å². The van der Waals surface area contributed by atoms with Gasteiger partial charge in [-0.05, 0) is 12.8 Å². The standard InChI is InChI=1S/C10H13NO4/c1-2-3-8(12)11-10(9(13)14)4-6-15-7-5-10/h4-7H2,1H3,(H,11,12)(H,13,14). The minimum Gasteiger partial charge on any atom is -0.480 e. The average Bonchev–Trinajstić information content (AvgIpc) is 2.19. The number of aliphatic carboxylic acids is 1. The van der Waals surface area contributed by atoms with Gasteiger partial charge in [0.25, 0.3) is 5.91 Å². The van der Waals surface area contributed by atoms with Gasteiger partial charge in [-0.1, -0.05) is 5.92 Å². The van der Waals surface area contributed by atoms with Crippen molar-refractivity contribution in [2.45, 2.75) is 25.3 Å². The molecule has 0 aromatic rings. The van der Waals surface area contributed by atoms with Gasteiger partial charge < -0.3 is 15.2 Å². The van der Waals surface area contributed by atoms with E-state index in [1.54, 1.807) is 0 Å². The number of carboxylic acids is 1. The third-order valence-corrected chi connectivity index (χ3v) is 2.35. The number of amides is 1. The summed E-state index contributed by atoms with van der Waals surface area (Å²) in [6.07, 6.45) is 0.554. The molecular weight excluding hydrogens is 198 g/mol. The van der Waals surface area contributed by atoms with Crippen molar-refractivity contribution in [3.63, 3.8) is 0 Å². The van der Waals surface area contributed by atoms with Gasteiger partial charge in [0.15, 0.2) is 0 Å². The maximum absolute atomic E-state index is 11.2. The quantitative estimate of drug-likeness (QED) is 0.618. The summed E-state index contributed by atoms with van der Waals surface area (Å²) >= 11 is 0. The molecule has 5 nitrogen and oxygen atoms in total. The molecule has 0 bridgehead atoms. The average molecular weight is 211 g/mol. The first-order valence-corrected chi connectivity index (χ1v) is 4.67. The van der Waals surface area contributed by atoms with Crippen molar-refractivity contribution >= 4 is 11.9 Å². The Bertz CT molecular complexity index is 320. The number of carbonyl (C=O) groups excluding carboxylic acids is 1. The lowest BCUT2D eigenvalue weighted by atomic mass is 9.90. The summed E-state index contributed by atoms with van der Waals surface area (Å²) in [7, 11) is 0. The summed E-state index contributed by atoms with van der Waals surface area (Å²) < 4.78 is 5.07. The molecule has 0 saturated carbocycles. The molecule has 2 N–H and O–H groups in total. The molecule has 82 valence electrons. The second kappa shape index (κ2) is 4.80. The smallest absolute Gasteiger partial charge is 0.329 e. The van der Waals surface area contributed by atoms with Crippen molar-refractivity contribution in [3.8, 4) is 11.8 Å². The highest BCUT2D eigenvalue weighted by Gasteiger charge is 2.41. The van der Waals surface area contributed by atoms with Gasteiger partial charge in [-0.15, -0.1) is 0 Å². The van der Waals surface area contributed by atoms with E-state index in [2.05, 4.69) is 17.2 Å². The van der Waals surface area contributed by atoms with E-state index >= 15 is 0 Å². The van der Waals surface area contributed by atoms with Crippen LogP contribution >= 0.6 is 0 Å². The van der Waals surface area contributed by atoms with Crippen LogP contribution in [0.1, 0.15) is 19.8 Å². The van der Waals surface area contributed by atoms with Crippen molar-refractivity contribution < 1.29 is 19.4 Å². The summed E-state index contributed by atoms with van der Waals surface area (Å²) in [4.78, 5) is 22.3. The molecule has 1 fully saturated rings. The van der Waals surface area contributed by atoms with Crippen molar-refractivity contribution in [3.05, 3.63) is 0 Å². The van der Waals surface area contributed by atoms with Gasteiger partial charge in [-0.3, -0.25) is 4.79 Å². The molecule has 1 rings (SSSR count). The lowest BCUT2D eigenvalue weighted by Gasteiger charge is -2.33. The fourth-order valence-corrected chi connectivity index (χ4v) is 1.47. The first-order chi connectivity index (χ1) is 7.10. The fraction of sp³-hybridized carbons (Fsp3) is 0.600. The summed E-state index contributed by atoms with van der Waals surface area (Å²) in [5.41, 5.74) is -1.21. The molecule has 0 aromatic carbocycles. The van der Waals surface area contributed by atoms with Gasteiger partial charge >= 0.3 is 5.97 Å². The Hall–Kier alpha value is -1.54. The van der Waals surface area contributed by atoms with E-state index in [-0.39, 0.29) is 12.8 Å². The van der Waals surface area contributed by atoms with Gasteiger partial charge in [0.05, 0.1) is 0 Å². The minimum absolute atomic E-state index is 0.277. The zero-order valence-electron chi connectivity index (χ0n) is 8.50. The van der Waals surface area contributed by atoms with Gasteiger partial charge in [0.2, 0.25) is 0 Å². The van der Waals surface area contributed by atoms with E-state index in [9.17, 15) is 9.59 Å². The van der Waals surface area contributed by atoms with Crippen LogP contribution in [0.2, 0.25) is 0 Å². The molecule has 1 heterocycles. The van der Waals surface area contributed by atoms with Crippen LogP contribution in [0, 0.1) is 11.8 Å². The Balaban J connectivity index is 2.75. The highest BCUT2D eigenvalue weighted by atomic mass is 16.5. The number of carboxylic acid groups (broad SMARTS) is 1. The molecule has 0 radical (unpaired) electrons. The van der Waals surface area contributed by atoms with Crippen LogP contribution < -0.4 is 5.32 Å². The van der Waals surface area contributed by atoms with Gasteiger partial charge in [0, 0.05) is 26.1 Å². The third kappa shape index (κ3) is 2.70. The second-order valence-corrected chi connectivity index (χ2v) is 3.33. The molecule has 15 heavy (non-hydrogen) atoms. The minimum atomic E-state index is -1.21. The van der Waals surface area contributed by atoms with Crippen LogP contribution in [0.5, 0.6) is 0 Å².